The van der Waals surface area contributed by atoms with Crippen LogP contribution in [0.4, 0.5) is 17.5 Å². The first-order chi connectivity index (χ1) is 26.8. The number of carboxylic acids is 1. The second-order valence-corrected chi connectivity index (χ2v) is 19.0. The van der Waals surface area contributed by atoms with Crippen molar-refractivity contribution < 1.29 is 19.4 Å². The molecule has 56 heavy (non-hydrogen) atoms. The maximum absolute atomic E-state index is 13.2. The second kappa shape index (κ2) is 15.7. The SMILES string of the molecule is CC1(C)CCN(c2c(-c3ccc4c(c3)CCN(c3nccc(N5CCOCC5)n3)C4)c(CN3CCC4(CCC4)CC3)nc(Cl)c2[C@H](OC(C)(C)C)C(=O)O)CC1. The molecule has 0 unspecified atom stereocenters. The van der Waals surface area contributed by atoms with E-state index in [1.54, 1.807) is 0 Å². The molecule has 0 bridgehead atoms. The smallest absolute Gasteiger partial charge is 0.337 e. The number of aromatic nitrogens is 3. The minimum atomic E-state index is -1.28. The zero-order valence-electron chi connectivity index (χ0n) is 34.1. The van der Waals surface area contributed by atoms with E-state index in [4.69, 9.17) is 36.0 Å². The molecule has 12 heteroatoms. The number of rotatable bonds is 9. The van der Waals surface area contributed by atoms with Crippen molar-refractivity contribution in [3.8, 4) is 11.1 Å². The summed E-state index contributed by atoms with van der Waals surface area (Å²) >= 11 is 7.26. The van der Waals surface area contributed by atoms with Crippen LogP contribution in [0, 0.1) is 10.8 Å². The van der Waals surface area contributed by atoms with Crippen LogP contribution in [0.3, 0.4) is 0 Å². The summed E-state index contributed by atoms with van der Waals surface area (Å²) in [4.78, 5) is 37.5. The van der Waals surface area contributed by atoms with E-state index in [0.29, 0.717) is 37.3 Å². The van der Waals surface area contributed by atoms with Gasteiger partial charge in [0.25, 0.3) is 0 Å². The van der Waals surface area contributed by atoms with Crippen molar-refractivity contribution in [2.24, 2.45) is 10.8 Å². The van der Waals surface area contributed by atoms with Gasteiger partial charge in [0.15, 0.2) is 6.10 Å². The number of anilines is 3. The predicted octanol–water partition coefficient (Wildman–Crippen LogP) is 7.92. The molecule has 8 rings (SSSR count). The van der Waals surface area contributed by atoms with E-state index in [1.165, 1.54) is 43.2 Å². The maximum atomic E-state index is 13.2. The van der Waals surface area contributed by atoms with Crippen molar-refractivity contribution >= 4 is 35.0 Å². The summed E-state index contributed by atoms with van der Waals surface area (Å²) in [5.74, 6) is 0.628. The van der Waals surface area contributed by atoms with Crippen LogP contribution < -0.4 is 14.7 Å². The molecule has 2 aromatic heterocycles. The fraction of sp³-hybridized carbons (Fsp3) is 0.636. The van der Waals surface area contributed by atoms with E-state index in [2.05, 4.69) is 51.6 Å². The number of aliphatic carboxylic acids is 1. The Hall–Kier alpha value is -3.51. The summed E-state index contributed by atoms with van der Waals surface area (Å²) in [6.07, 6.45) is 9.89. The summed E-state index contributed by atoms with van der Waals surface area (Å²) in [6.45, 7) is 19.2. The van der Waals surface area contributed by atoms with Gasteiger partial charge < -0.3 is 29.3 Å². The third-order valence-electron chi connectivity index (χ3n) is 13.1. The Morgan fingerprint density at radius 2 is 1.64 bits per heavy atom. The lowest BCUT2D eigenvalue weighted by molar-refractivity contribution is -0.160. The minimum absolute atomic E-state index is 0.193. The molecule has 302 valence electrons. The number of ether oxygens (including phenoxy) is 2. The first kappa shape index (κ1) is 39.3. The normalized spacial score (nSPS) is 21.8. The van der Waals surface area contributed by atoms with Crippen molar-refractivity contribution in [1.82, 2.24) is 19.9 Å². The molecule has 0 radical (unpaired) electrons. The predicted molar refractivity (Wildman–Crippen MR) is 222 cm³/mol. The molecule has 0 amide bonds. The second-order valence-electron chi connectivity index (χ2n) is 18.7. The van der Waals surface area contributed by atoms with Crippen LogP contribution in [0.25, 0.3) is 11.1 Å². The molecule has 4 fully saturated rings. The van der Waals surface area contributed by atoms with Gasteiger partial charge in [0, 0.05) is 57.6 Å². The molecule has 11 nitrogen and oxygen atoms in total. The Labute approximate surface area is 337 Å². The van der Waals surface area contributed by atoms with Gasteiger partial charge in [-0.15, -0.1) is 0 Å². The molecule has 6 heterocycles. The molecule has 1 aliphatic carbocycles. The standard InChI is InChI=1S/C44H60ClN7O4/c1-42(2,3)56-38(40(53)54)36-37(51-21-13-43(4,5)14-22-51)35(33(47-39(36)45)29-49-19-15-44(16-20-49)11-6-12-44)31-7-8-32-28-52(18-10-30(32)27-31)41-46-17-9-34(48-41)50-23-25-55-26-24-50/h7-9,17,27,38H,6,10-16,18-26,28-29H2,1-5H3,(H,53,54)/t38-/m0/s1. The van der Waals surface area contributed by atoms with E-state index in [0.717, 1.165) is 99.4 Å². The monoisotopic (exact) mass is 785 g/mol. The van der Waals surface area contributed by atoms with Gasteiger partial charge in [-0.25, -0.2) is 14.8 Å². The van der Waals surface area contributed by atoms with Crippen LogP contribution in [-0.2, 0) is 33.8 Å². The number of piperidine rings is 2. The number of hydrogen-bond donors (Lipinski definition) is 1. The number of carboxylic acid groups (broad SMARTS) is 1. The molecule has 1 aromatic carbocycles. The fourth-order valence-corrected chi connectivity index (χ4v) is 9.71. The molecule has 3 aromatic rings. The van der Waals surface area contributed by atoms with Gasteiger partial charge in [0.2, 0.25) is 5.95 Å². The van der Waals surface area contributed by atoms with Crippen LogP contribution in [0.5, 0.6) is 0 Å². The zero-order chi connectivity index (χ0) is 39.2. The first-order valence-corrected chi connectivity index (χ1v) is 21.3. The highest BCUT2D eigenvalue weighted by atomic mass is 35.5. The third-order valence-corrected chi connectivity index (χ3v) is 13.4. The molecule has 5 aliphatic rings. The summed E-state index contributed by atoms with van der Waals surface area (Å²) in [5, 5.41) is 11.0. The maximum Gasteiger partial charge on any atom is 0.337 e. The van der Waals surface area contributed by atoms with Crippen molar-refractivity contribution in [2.45, 2.75) is 111 Å². The van der Waals surface area contributed by atoms with Crippen LogP contribution in [0.1, 0.15) is 108 Å². The number of carbonyl (C=O) groups is 1. The molecule has 1 saturated carbocycles. The number of morpholine rings is 1. The van der Waals surface area contributed by atoms with E-state index in [1.807, 2.05) is 33.0 Å². The summed E-state index contributed by atoms with van der Waals surface area (Å²) in [5.41, 5.74) is 6.80. The highest BCUT2D eigenvalue weighted by molar-refractivity contribution is 6.31. The number of nitrogens with zero attached hydrogens (tertiary/aromatic N) is 7. The summed E-state index contributed by atoms with van der Waals surface area (Å²) in [6, 6.07) is 8.77. The van der Waals surface area contributed by atoms with Gasteiger partial charge in [0.05, 0.1) is 35.8 Å². The van der Waals surface area contributed by atoms with Crippen LogP contribution in [0.2, 0.25) is 5.15 Å². The Balaban J connectivity index is 1.20. The number of pyridine rings is 1. The molecule has 4 aliphatic heterocycles. The number of hydrogen-bond acceptors (Lipinski definition) is 10. The topological polar surface area (TPSA) is 107 Å². The van der Waals surface area contributed by atoms with E-state index in [9.17, 15) is 9.90 Å². The van der Waals surface area contributed by atoms with Crippen LogP contribution >= 0.6 is 11.6 Å². The van der Waals surface area contributed by atoms with Gasteiger partial charge >= 0.3 is 5.97 Å². The minimum Gasteiger partial charge on any atom is -0.479 e. The molecule has 1 spiro atoms. The van der Waals surface area contributed by atoms with Gasteiger partial charge in [-0.3, -0.25) is 4.90 Å². The fourth-order valence-electron chi connectivity index (χ4n) is 9.42. The third kappa shape index (κ3) is 8.38. The highest BCUT2D eigenvalue weighted by Gasteiger charge is 2.41. The lowest BCUT2D eigenvalue weighted by atomic mass is 9.63. The van der Waals surface area contributed by atoms with Gasteiger partial charge in [-0.05, 0) is 112 Å². The number of likely N-dealkylation sites (tertiary alicyclic amines) is 1. The van der Waals surface area contributed by atoms with E-state index in [-0.39, 0.29) is 10.6 Å². The van der Waals surface area contributed by atoms with Crippen molar-refractivity contribution in [3.05, 3.63) is 58.0 Å². The lowest BCUT2D eigenvalue weighted by Gasteiger charge is -2.48. The van der Waals surface area contributed by atoms with E-state index < -0.39 is 17.7 Å². The van der Waals surface area contributed by atoms with E-state index >= 15 is 0 Å². The average molecular weight is 786 g/mol. The van der Waals surface area contributed by atoms with Gasteiger partial charge in [0.1, 0.15) is 11.0 Å². The number of fused-ring (bicyclic) bond motifs is 1. The van der Waals surface area contributed by atoms with Gasteiger partial charge in [-0.1, -0.05) is 50.1 Å². The van der Waals surface area contributed by atoms with Gasteiger partial charge in [-0.2, -0.15) is 4.98 Å². The van der Waals surface area contributed by atoms with Crippen molar-refractivity contribution in [1.29, 1.82) is 0 Å². The Kier molecular flexibility index (Phi) is 11.0. The first-order valence-electron chi connectivity index (χ1n) is 20.9. The molecular weight excluding hydrogens is 726 g/mol. The lowest BCUT2D eigenvalue weighted by Crippen LogP contribution is -2.43. The summed E-state index contributed by atoms with van der Waals surface area (Å²) < 4.78 is 11.9. The number of halogens is 1. The molecule has 3 saturated heterocycles. The zero-order valence-corrected chi connectivity index (χ0v) is 34.8. The largest absolute Gasteiger partial charge is 0.479 e. The number of benzene rings is 1. The Morgan fingerprint density at radius 3 is 2.30 bits per heavy atom. The summed E-state index contributed by atoms with van der Waals surface area (Å²) in [7, 11) is 0. The molecular formula is C44H60ClN7O4. The molecule has 1 N–H and O–H groups in total. The van der Waals surface area contributed by atoms with Crippen LogP contribution in [0.15, 0.2) is 30.5 Å². The molecule has 1 atom stereocenters. The average Bonchev–Trinajstić information content (AvgIpc) is 3.16. The van der Waals surface area contributed by atoms with Crippen LogP contribution in [-0.4, -0.2) is 95.6 Å². The quantitative estimate of drug-likeness (QED) is 0.214. The van der Waals surface area contributed by atoms with Crippen molar-refractivity contribution in [3.63, 3.8) is 0 Å². The Bertz CT molecular complexity index is 1900. The van der Waals surface area contributed by atoms with Crippen molar-refractivity contribution in [2.75, 3.05) is 73.7 Å². The Morgan fingerprint density at radius 1 is 0.911 bits per heavy atom. The highest BCUT2D eigenvalue weighted by Crippen LogP contribution is 2.50.